The van der Waals surface area contributed by atoms with Crippen LogP contribution in [0.2, 0.25) is 0 Å². The third-order valence-electron chi connectivity index (χ3n) is 2.58. The molecule has 0 saturated carbocycles. The lowest BCUT2D eigenvalue weighted by Crippen LogP contribution is -2.23. The number of hydrogen-bond acceptors (Lipinski definition) is 2. The quantitative estimate of drug-likeness (QED) is 0.471. The van der Waals surface area contributed by atoms with E-state index in [1.807, 2.05) is 0 Å². The molecule has 2 heterocycles. The van der Waals surface area contributed by atoms with Crippen molar-refractivity contribution in [2.75, 3.05) is 26.3 Å². The Bertz CT molecular complexity index is 134. The van der Waals surface area contributed by atoms with Crippen molar-refractivity contribution in [3.05, 3.63) is 0 Å². The summed E-state index contributed by atoms with van der Waals surface area (Å²) in [5, 5.41) is 0.911. The predicted molar refractivity (Wildman–Crippen MR) is 35.2 cm³/mol. The first kappa shape index (κ1) is 6.55. The van der Waals surface area contributed by atoms with Crippen LogP contribution >= 0.6 is 0 Å². The molecule has 0 aromatic carbocycles. The number of halogens is 1. The van der Waals surface area contributed by atoms with Crippen LogP contribution in [-0.2, 0) is 4.74 Å². The largest absolute Gasteiger partial charge is 0.381 e. The Morgan fingerprint density at radius 3 is 2.80 bits per heavy atom. The molecule has 0 radical (unpaired) electrons. The fraction of sp³-hybridized carbons (Fsp3) is 1.00. The highest BCUT2D eigenvalue weighted by atomic mass is 19.2. The Kier molecular flexibility index (Phi) is 1.42. The molecule has 2 aliphatic heterocycles. The molecule has 10 heavy (non-hydrogen) atoms. The van der Waals surface area contributed by atoms with Gasteiger partial charge >= 0.3 is 0 Å². The van der Waals surface area contributed by atoms with Crippen molar-refractivity contribution in [3.8, 4) is 0 Å². The Labute approximate surface area is 59.9 Å². The van der Waals surface area contributed by atoms with Gasteiger partial charge in [-0.15, -0.1) is 9.60 Å². The van der Waals surface area contributed by atoms with Gasteiger partial charge in [-0.25, -0.2) is 0 Å². The van der Waals surface area contributed by atoms with E-state index in [9.17, 15) is 4.48 Å². The van der Waals surface area contributed by atoms with Gasteiger partial charge in [0.2, 0.25) is 0 Å². The molecule has 2 fully saturated rings. The maximum atomic E-state index is 12.6. The van der Waals surface area contributed by atoms with Crippen LogP contribution in [-0.4, -0.2) is 31.4 Å². The van der Waals surface area contributed by atoms with E-state index in [-0.39, 0.29) is 5.41 Å². The van der Waals surface area contributed by atoms with Crippen LogP contribution in [0.3, 0.4) is 0 Å². The van der Waals surface area contributed by atoms with E-state index < -0.39 is 0 Å². The minimum atomic E-state index is 0.189. The lowest BCUT2D eigenvalue weighted by molar-refractivity contribution is 0.0381. The maximum Gasteiger partial charge on any atom is 0.0537 e. The maximum absolute atomic E-state index is 12.6. The van der Waals surface area contributed by atoms with Crippen molar-refractivity contribution >= 4 is 0 Å². The van der Waals surface area contributed by atoms with Crippen molar-refractivity contribution in [3.63, 3.8) is 0 Å². The minimum Gasteiger partial charge on any atom is -0.381 e. The van der Waals surface area contributed by atoms with Crippen molar-refractivity contribution in [1.29, 1.82) is 0 Å². The molecule has 0 aliphatic carbocycles. The predicted octanol–water partition coefficient (Wildman–Crippen LogP) is 0.983. The summed E-state index contributed by atoms with van der Waals surface area (Å²) in [4.78, 5) is 0. The molecule has 2 aliphatic rings. The van der Waals surface area contributed by atoms with Crippen molar-refractivity contribution in [2.45, 2.75) is 12.8 Å². The summed E-state index contributed by atoms with van der Waals surface area (Å²) >= 11 is 0. The van der Waals surface area contributed by atoms with Gasteiger partial charge in [-0.3, -0.25) is 0 Å². The summed E-state index contributed by atoms with van der Waals surface area (Å²) in [6, 6.07) is 0. The zero-order chi connectivity index (χ0) is 7.03. The molecular formula is C7H12FNO. The number of rotatable bonds is 0. The van der Waals surface area contributed by atoms with Crippen molar-refractivity contribution in [2.24, 2.45) is 5.41 Å². The van der Waals surface area contributed by atoms with Crippen molar-refractivity contribution in [1.82, 2.24) is 5.12 Å². The molecule has 2 saturated heterocycles. The first-order valence-electron chi connectivity index (χ1n) is 3.79. The fourth-order valence-corrected chi connectivity index (χ4v) is 1.85. The van der Waals surface area contributed by atoms with Gasteiger partial charge in [0, 0.05) is 25.1 Å². The van der Waals surface area contributed by atoms with Crippen LogP contribution in [0.5, 0.6) is 0 Å². The van der Waals surface area contributed by atoms with Crippen LogP contribution in [0.25, 0.3) is 0 Å². The van der Waals surface area contributed by atoms with Gasteiger partial charge in [0.1, 0.15) is 0 Å². The molecular weight excluding hydrogens is 133 g/mol. The minimum absolute atomic E-state index is 0.189. The number of hydrogen-bond donors (Lipinski definition) is 0. The molecule has 1 unspecified atom stereocenters. The molecule has 0 bridgehead atoms. The smallest absolute Gasteiger partial charge is 0.0537 e. The van der Waals surface area contributed by atoms with Gasteiger partial charge in [0.25, 0.3) is 0 Å². The first-order chi connectivity index (χ1) is 4.81. The number of ether oxygens (including phenoxy) is 1. The molecule has 1 atom stereocenters. The molecule has 58 valence electrons. The Balaban J connectivity index is 2.03. The second-order valence-corrected chi connectivity index (χ2v) is 3.40. The average molecular weight is 145 g/mol. The molecule has 1 spiro atoms. The van der Waals surface area contributed by atoms with E-state index in [1.165, 1.54) is 0 Å². The zero-order valence-corrected chi connectivity index (χ0v) is 5.98. The lowest BCUT2D eigenvalue weighted by Gasteiger charge is -2.17. The van der Waals surface area contributed by atoms with Crippen LogP contribution in [0.4, 0.5) is 4.48 Å². The molecule has 3 heteroatoms. The highest BCUT2D eigenvalue weighted by Crippen LogP contribution is 2.37. The van der Waals surface area contributed by atoms with Gasteiger partial charge in [0.05, 0.1) is 6.61 Å². The van der Waals surface area contributed by atoms with E-state index in [0.29, 0.717) is 13.1 Å². The van der Waals surface area contributed by atoms with E-state index in [0.717, 1.165) is 31.2 Å². The summed E-state index contributed by atoms with van der Waals surface area (Å²) in [6.45, 7) is 2.79. The summed E-state index contributed by atoms with van der Waals surface area (Å²) in [5.74, 6) is 0. The highest BCUT2D eigenvalue weighted by molar-refractivity contribution is 4.89. The Morgan fingerprint density at radius 2 is 2.30 bits per heavy atom. The van der Waals surface area contributed by atoms with Crippen LogP contribution in [0, 0.1) is 5.41 Å². The molecule has 0 aromatic heterocycles. The van der Waals surface area contributed by atoms with Crippen LogP contribution in [0.15, 0.2) is 0 Å². The number of nitrogens with zero attached hydrogens (tertiary/aromatic N) is 1. The third-order valence-corrected chi connectivity index (χ3v) is 2.58. The van der Waals surface area contributed by atoms with E-state index in [2.05, 4.69) is 0 Å². The Morgan fingerprint density at radius 1 is 1.40 bits per heavy atom. The fourth-order valence-electron chi connectivity index (χ4n) is 1.85. The van der Waals surface area contributed by atoms with Crippen LogP contribution in [0.1, 0.15) is 12.8 Å². The molecule has 2 nitrogen and oxygen atoms in total. The zero-order valence-electron chi connectivity index (χ0n) is 5.98. The van der Waals surface area contributed by atoms with Gasteiger partial charge < -0.3 is 4.74 Å². The van der Waals surface area contributed by atoms with E-state index in [1.54, 1.807) is 0 Å². The van der Waals surface area contributed by atoms with Gasteiger partial charge in [-0.05, 0) is 12.8 Å². The summed E-state index contributed by atoms with van der Waals surface area (Å²) in [7, 11) is 0. The summed E-state index contributed by atoms with van der Waals surface area (Å²) in [6.07, 6.45) is 2.02. The second kappa shape index (κ2) is 2.17. The van der Waals surface area contributed by atoms with Gasteiger partial charge in [-0.2, -0.15) is 0 Å². The Hall–Kier alpha value is -0.150. The standard InChI is InChI=1S/C7H12FNO/c8-9-3-1-7(5-9)2-4-10-6-7/h1-6H2. The van der Waals surface area contributed by atoms with Gasteiger partial charge in [-0.1, -0.05) is 0 Å². The highest BCUT2D eigenvalue weighted by Gasteiger charge is 2.41. The normalized spacial score (nSPS) is 41.7. The second-order valence-electron chi connectivity index (χ2n) is 3.40. The van der Waals surface area contributed by atoms with Crippen molar-refractivity contribution < 1.29 is 9.22 Å². The SMILES string of the molecule is FN1CCC2(CCOC2)C1. The molecule has 0 amide bonds. The van der Waals surface area contributed by atoms with E-state index in [4.69, 9.17) is 4.74 Å². The topological polar surface area (TPSA) is 12.5 Å². The summed E-state index contributed by atoms with van der Waals surface area (Å²) < 4.78 is 17.8. The van der Waals surface area contributed by atoms with Crippen LogP contribution < -0.4 is 0 Å². The lowest BCUT2D eigenvalue weighted by atomic mass is 9.87. The summed E-state index contributed by atoms with van der Waals surface area (Å²) in [5.41, 5.74) is 0.189. The molecule has 0 aromatic rings. The third kappa shape index (κ3) is 0.935. The van der Waals surface area contributed by atoms with Gasteiger partial charge in [0.15, 0.2) is 0 Å². The molecule has 2 rings (SSSR count). The van der Waals surface area contributed by atoms with E-state index >= 15 is 0 Å². The average Bonchev–Trinajstić information content (AvgIpc) is 2.46. The molecule has 0 N–H and O–H groups in total. The first-order valence-corrected chi connectivity index (χ1v) is 3.79. The monoisotopic (exact) mass is 145 g/mol.